The van der Waals surface area contributed by atoms with Gasteiger partial charge in [0.25, 0.3) is 0 Å². The fourth-order valence-corrected chi connectivity index (χ4v) is 2.44. The normalized spacial score (nSPS) is 20.4. The van der Waals surface area contributed by atoms with E-state index in [0.29, 0.717) is 6.04 Å². The van der Waals surface area contributed by atoms with Gasteiger partial charge in [0.1, 0.15) is 12.4 Å². The average molecular weight is 263 g/mol. The quantitative estimate of drug-likeness (QED) is 0.852. The SMILES string of the molecule is CCNCc1cc(OCC2CCCCN2C)ccn1. The highest BCUT2D eigenvalue weighted by molar-refractivity contribution is 5.22. The highest BCUT2D eigenvalue weighted by atomic mass is 16.5. The van der Waals surface area contributed by atoms with Crippen LogP contribution in [0.1, 0.15) is 31.9 Å². The minimum atomic E-state index is 0.555. The van der Waals surface area contributed by atoms with E-state index in [1.807, 2.05) is 18.3 Å². The Morgan fingerprint density at radius 2 is 2.37 bits per heavy atom. The van der Waals surface area contributed by atoms with Crippen LogP contribution in [-0.2, 0) is 6.54 Å². The van der Waals surface area contributed by atoms with Crippen molar-refractivity contribution in [1.29, 1.82) is 0 Å². The molecule has 4 nitrogen and oxygen atoms in total. The Bertz CT molecular complexity index is 383. The van der Waals surface area contributed by atoms with Crippen LogP contribution in [0.3, 0.4) is 0 Å². The fraction of sp³-hybridized carbons (Fsp3) is 0.667. The molecule has 2 rings (SSSR count). The van der Waals surface area contributed by atoms with E-state index in [0.717, 1.165) is 31.1 Å². The van der Waals surface area contributed by atoms with E-state index in [9.17, 15) is 0 Å². The summed E-state index contributed by atoms with van der Waals surface area (Å²) in [6.45, 7) is 5.83. The minimum Gasteiger partial charge on any atom is -0.492 e. The summed E-state index contributed by atoms with van der Waals surface area (Å²) in [7, 11) is 2.19. The molecule has 106 valence electrons. The second-order valence-corrected chi connectivity index (χ2v) is 5.20. The topological polar surface area (TPSA) is 37.4 Å². The molecule has 1 aliphatic rings. The summed E-state index contributed by atoms with van der Waals surface area (Å²) in [5.41, 5.74) is 1.04. The Hall–Kier alpha value is -1.13. The van der Waals surface area contributed by atoms with E-state index in [2.05, 4.69) is 29.2 Å². The van der Waals surface area contributed by atoms with Crippen molar-refractivity contribution >= 4 is 0 Å². The number of nitrogens with one attached hydrogen (secondary N) is 1. The molecule has 0 aromatic carbocycles. The van der Waals surface area contributed by atoms with Gasteiger partial charge in [-0.2, -0.15) is 0 Å². The van der Waals surface area contributed by atoms with E-state index in [-0.39, 0.29) is 0 Å². The number of ether oxygens (including phenoxy) is 1. The van der Waals surface area contributed by atoms with E-state index >= 15 is 0 Å². The molecule has 1 atom stereocenters. The highest BCUT2D eigenvalue weighted by Gasteiger charge is 2.19. The zero-order valence-electron chi connectivity index (χ0n) is 12.1. The third-order valence-corrected chi connectivity index (χ3v) is 3.71. The molecule has 1 aromatic rings. The van der Waals surface area contributed by atoms with Crippen molar-refractivity contribution in [1.82, 2.24) is 15.2 Å². The summed E-state index contributed by atoms with van der Waals surface area (Å²) in [6.07, 6.45) is 5.70. The zero-order valence-corrected chi connectivity index (χ0v) is 12.1. The second kappa shape index (κ2) is 7.46. The van der Waals surface area contributed by atoms with Crippen LogP contribution in [0.15, 0.2) is 18.3 Å². The predicted octanol–water partition coefficient (Wildman–Crippen LogP) is 2.05. The number of likely N-dealkylation sites (tertiary alicyclic amines) is 1. The smallest absolute Gasteiger partial charge is 0.122 e. The van der Waals surface area contributed by atoms with Gasteiger partial charge in [-0.15, -0.1) is 0 Å². The molecule has 1 fully saturated rings. The first kappa shape index (κ1) is 14.3. The molecule has 0 bridgehead atoms. The molecular weight excluding hydrogens is 238 g/mol. The van der Waals surface area contributed by atoms with Crippen LogP contribution >= 0.6 is 0 Å². The fourth-order valence-electron chi connectivity index (χ4n) is 2.44. The first-order valence-corrected chi connectivity index (χ1v) is 7.28. The predicted molar refractivity (Wildman–Crippen MR) is 77.4 cm³/mol. The van der Waals surface area contributed by atoms with E-state index < -0.39 is 0 Å². The maximum Gasteiger partial charge on any atom is 0.122 e. The lowest BCUT2D eigenvalue weighted by atomic mass is 10.0. The molecule has 1 aromatic heterocycles. The zero-order chi connectivity index (χ0) is 13.5. The minimum absolute atomic E-state index is 0.555. The molecule has 1 unspecified atom stereocenters. The van der Waals surface area contributed by atoms with E-state index in [1.54, 1.807) is 0 Å². The van der Waals surface area contributed by atoms with Crippen LogP contribution in [0.2, 0.25) is 0 Å². The lowest BCUT2D eigenvalue weighted by Crippen LogP contribution is -2.40. The summed E-state index contributed by atoms with van der Waals surface area (Å²) in [6, 6.07) is 4.53. The van der Waals surface area contributed by atoms with Crippen LogP contribution in [0.5, 0.6) is 5.75 Å². The number of piperidine rings is 1. The standard InChI is InChI=1S/C15H25N3O/c1-3-16-11-13-10-15(7-8-17-13)19-12-14-6-4-5-9-18(14)2/h7-8,10,14,16H,3-6,9,11-12H2,1-2H3. The molecule has 0 aliphatic carbocycles. The van der Waals surface area contributed by atoms with Crippen molar-refractivity contribution in [2.24, 2.45) is 0 Å². The van der Waals surface area contributed by atoms with Gasteiger partial charge in [-0.05, 0) is 39.0 Å². The van der Waals surface area contributed by atoms with Crippen molar-refractivity contribution < 1.29 is 4.74 Å². The van der Waals surface area contributed by atoms with Crippen molar-refractivity contribution in [3.63, 3.8) is 0 Å². The number of likely N-dealkylation sites (N-methyl/N-ethyl adjacent to an activating group) is 1. The molecule has 1 N–H and O–H groups in total. The van der Waals surface area contributed by atoms with Gasteiger partial charge in [0.15, 0.2) is 0 Å². The summed E-state index contributed by atoms with van der Waals surface area (Å²) in [5, 5.41) is 3.28. The molecule has 1 aliphatic heterocycles. The molecule has 0 radical (unpaired) electrons. The van der Waals surface area contributed by atoms with E-state index in [4.69, 9.17) is 4.74 Å². The van der Waals surface area contributed by atoms with Crippen molar-refractivity contribution in [3.05, 3.63) is 24.0 Å². The molecule has 0 saturated carbocycles. The molecule has 2 heterocycles. The summed E-state index contributed by atoms with van der Waals surface area (Å²) >= 11 is 0. The molecule has 4 heteroatoms. The summed E-state index contributed by atoms with van der Waals surface area (Å²) < 4.78 is 5.93. The van der Waals surface area contributed by atoms with Gasteiger partial charge in [-0.1, -0.05) is 13.3 Å². The van der Waals surface area contributed by atoms with Crippen LogP contribution in [0.4, 0.5) is 0 Å². The summed E-state index contributed by atoms with van der Waals surface area (Å²) in [4.78, 5) is 6.74. The van der Waals surface area contributed by atoms with Crippen LogP contribution < -0.4 is 10.1 Å². The van der Waals surface area contributed by atoms with Gasteiger partial charge in [0, 0.05) is 24.8 Å². The van der Waals surface area contributed by atoms with Crippen molar-refractivity contribution in [2.75, 3.05) is 26.7 Å². The molecule has 0 spiro atoms. The molecule has 19 heavy (non-hydrogen) atoms. The number of aromatic nitrogens is 1. The maximum atomic E-state index is 5.93. The third-order valence-electron chi connectivity index (χ3n) is 3.71. The lowest BCUT2D eigenvalue weighted by Gasteiger charge is -2.32. The average Bonchev–Trinajstić information content (AvgIpc) is 2.45. The first-order valence-electron chi connectivity index (χ1n) is 7.28. The number of hydrogen-bond acceptors (Lipinski definition) is 4. The Kier molecular flexibility index (Phi) is 5.61. The monoisotopic (exact) mass is 263 g/mol. The van der Waals surface area contributed by atoms with Gasteiger partial charge in [-0.25, -0.2) is 0 Å². The van der Waals surface area contributed by atoms with Crippen molar-refractivity contribution in [3.8, 4) is 5.75 Å². The van der Waals surface area contributed by atoms with Crippen LogP contribution in [0, 0.1) is 0 Å². The third kappa shape index (κ3) is 4.48. The van der Waals surface area contributed by atoms with Gasteiger partial charge in [0.2, 0.25) is 0 Å². The van der Waals surface area contributed by atoms with Gasteiger partial charge < -0.3 is 15.0 Å². The van der Waals surface area contributed by atoms with Crippen LogP contribution in [-0.4, -0.2) is 42.7 Å². The Labute approximate surface area is 116 Å². The highest BCUT2D eigenvalue weighted by Crippen LogP contribution is 2.17. The summed E-state index contributed by atoms with van der Waals surface area (Å²) in [5.74, 6) is 0.932. The lowest BCUT2D eigenvalue weighted by molar-refractivity contribution is 0.125. The first-order chi connectivity index (χ1) is 9.29. The van der Waals surface area contributed by atoms with Crippen LogP contribution in [0.25, 0.3) is 0 Å². The number of nitrogens with zero attached hydrogens (tertiary/aromatic N) is 2. The molecule has 0 amide bonds. The molecular formula is C15H25N3O. The molecule has 1 saturated heterocycles. The van der Waals surface area contributed by atoms with Gasteiger partial charge in [0.05, 0.1) is 5.69 Å². The number of pyridine rings is 1. The maximum absolute atomic E-state index is 5.93. The Balaban J connectivity index is 1.84. The van der Waals surface area contributed by atoms with Gasteiger partial charge >= 0.3 is 0 Å². The second-order valence-electron chi connectivity index (χ2n) is 5.20. The number of rotatable bonds is 6. The largest absolute Gasteiger partial charge is 0.492 e. The number of hydrogen-bond donors (Lipinski definition) is 1. The van der Waals surface area contributed by atoms with Crippen molar-refractivity contribution in [2.45, 2.75) is 38.8 Å². The Morgan fingerprint density at radius 3 is 3.16 bits per heavy atom. The van der Waals surface area contributed by atoms with E-state index in [1.165, 1.54) is 25.8 Å². The Morgan fingerprint density at radius 1 is 1.47 bits per heavy atom. The van der Waals surface area contributed by atoms with Gasteiger partial charge in [-0.3, -0.25) is 4.98 Å².